The molecule has 0 saturated carbocycles. The standard InChI is InChI=1S/C9H20O.C7H5NO4/c1-6-9(10,7(2)3)8(4)5;9-7(10)5-1-3-6(4-2-5)8(11)12/h7-8,10H,6H2,1-5H3;1-4H,(H,9,10). The lowest BCUT2D eigenvalue weighted by Crippen LogP contribution is -2.39. The van der Waals surface area contributed by atoms with Gasteiger partial charge in [0.1, 0.15) is 0 Å². The number of carboxylic acids is 1. The van der Waals surface area contributed by atoms with E-state index in [1.165, 1.54) is 12.1 Å². The van der Waals surface area contributed by atoms with Crippen LogP contribution in [0.4, 0.5) is 5.69 Å². The van der Waals surface area contributed by atoms with Gasteiger partial charge < -0.3 is 10.2 Å². The number of aromatic carboxylic acids is 1. The highest BCUT2D eigenvalue weighted by Crippen LogP contribution is 2.28. The molecular formula is C16H25NO5. The van der Waals surface area contributed by atoms with Gasteiger partial charge in [0.15, 0.2) is 0 Å². The number of nitro groups is 1. The van der Waals surface area contributed by atoms with E-state index >= 15 is 0 Å². The number of nitrogens with zero attached hydrogens (tertiary/aromatic N) is 1. The fourth-order valence-electron chi connectivity index (χ4n) is 2.21. The summed E-state index contributed by atoms with van der Waals surface area (Å²) in [4.78, 5) is 19.9. The minimum Gasteiger partial charge on any atom is -0.478 e. The van der Waals surface area contributed by atoms with Crippen LogP contribution in [0.3, 0.4) is 0 Å². The second kappa shape index (κ2) is 8.48. The first-order valence-electron chi connectivity index (χ1n) is 7.26. The Morgan fingerprint density at radius 2 is 1.59 bits per heavy atom. The number of carboxylic acid groups (broad SMARTS) is 1. The molecule has 0 unspecified atom stereocenters. The average Bonchev–Trinajstić information content (AvgIpc) is 2.46. The molecule has 124 valence electrons. The maximum absolute atomic E-state index is 10.3. The van der Waals surface area contributed by atoms with Crippen LogP contribution in [0.5, 0.6) is 0 Å². The number of non-ortho nitro benzene ring substituents is 1. The first-order chi connectivity index (χ1) is 10.1. The van der Waals surface area contributed by atoms with Crippen LogP contribution in [0, 0.1) is 22.0 Å². The first-order valence-corrected chi connectivity index (χ1v) is 7.26. The molecule has 0 amide bonds. The third-order valence-corrected chi connectivity index (χ3v) is 3.89. The predicted molar refractivity (Wildman–Crippen MR) is 85.0 cm³/mol. The van der Waals surface area contributed by atoms with Crippen LogP contribution in [0.25, 0.3) is 0 Å². The van der Waals surface area contributed by atoms with Crippen molar-refractivity contribution in [1.82, 2.24) is 0 Å². The molecule has 0 aliphatic carbocycles. The number of aliphatic hydroxyl groups is 1. The second-order valence-corrected chi connectivity index (χ2v) is 5.76. The van der Waals surface area contributed by atoms with Crippen LogP contribution >= 0.6 is 0 Å². The Morgan fingerprint density at radius 1 is 1.18 bits per heavy atom. The molecule has 0 radical (unpaired) electrons. The highest BCUT2D eigenvalue weighted by Gasteiger charge is 2.31. The lowest BCUT2D eigenvalue weighted by Gasteiger charge is -2.35. The van der Waals surface area contributed by atoms with Gasteiger partial charge in [-0.3, -0.25) is 10.1 Å². The molecule has 0 fully saturated rings. The van der Waals surface area contributed by atoms with Gasteiger partial charge in [-0.05, 0) is 30.4 Å². The Bertz CT molecular complexity index is 453. The molecule has 2 N–H and O–H groups in total. The van der Waals surface area contributed by atoms with E-state index in [9.17, 15) is 20.0 Å². The van der Waals surface area contributed by atoms with E-state index in [0.717, 1.165) is 18.6 Å². The Balaban J connectivity index is 0.000000409. The number of hydrogen-bond acceptors (Lipinski definition) is 4. The topological polar surface area (TPSA) is 101 Å². The Hall–Kier alpha value is -1.95. The molecule has 0 aliphatic rings. The zero-order valence-corrected chi connectivity index (χ0v) is 13.7. The monoisotopic (exact) mass is 311 g/mol. The molecule has 6 heteroatoms. The Morgan fingerprint density at radius 3 is 1.77 bits per heavy atom. The number of nitro benzene ring substituents is 1. The van der Waals surface area contributed by atoms with Crippen molar-refractivity contribution in [3.63, 3.8) is 0 Å². The van der Waals surface area contributed by atoms with Crippen molar-refractivity contribution in [2.24, 2.45) is 11.8 Å². The van der Waals surface area contributed by atoms with Gasteiger partial charge in [-0.15, -0.1) is 0 Å². The average molecular weight is 311 g/mol. The summed E-state index contributed by atoms with van der Waals surface area (Å²) < 4.78 is 0. The van der Waals surface area contributed by atoms with Gasteiger partial charge in [0.2, 0.25) is 0 Å². The van der Waals surface area contributed by atoms with E-state index in [4.69, 9.17) is 5.11 Å². The summed E-state index contributed by atoms with van der Waals surface area (Å²) in [5.41, 5.74) is -0.527. The normalized spacial score (nSPS) is 11.1. The summed E-state index contributed by atoms with van der Waals surface area (Å²) >= 11 is 0. The van der Waals surface area contributed by atoms with E-state index in [0.29, 0.717) is 11.8 Å². The maximum Gasteiger partial charge on any atom is 0.335 e. The number of rotatable bonds is 5. The fraction of sp³-hybridized carbons (Fsp3) is 0.562. The molecule has 0 atom stereocenters. The molecule has 0 aliphatic heterocycles. The number of benzene rings is 1. The van der Waals surface area contributed by atoms with Gasteiger partial charge in [-0.2, -0.15) is 0 Å². The zero-order chi connectivity index (χ0) is 17.5. The van der Waals surface area contributed by atoms with Gasteiger partial charge in [-0.1, -0.05) is 34.6 Å². The van der Waals surface area contributed by atoms with Crippen molar-refractivity contribution in [2.75, 3.05) is 0 Å². The van der Waals surface area contributed by atoms with E-state index in [2.05, 4.69) is 27.7 Å². The molecule has 0 aromatic heterocycles. The molecule has 0 bridgehead atoms. The Labute approximate surface area is 130 Å². The lowest BCUT2D eigenvalue weighted by molar-refractivity contribution is -0.384. The SMILES string of the molecule is CCC(O)(C(C)C)C(C)C.O=C(O)c1ccc([N+](=O)[O-])cc1. The van der Waals surface area contributed by atoms with E-state index in [-0.39, 0.29) is 11.3 Å². The highest BCUT2D eigenvalue weighted by atomic mass is 16.6. The van der Waals surface area contributed by atoms with Gasteiger partial charge in [0.25, 0.3) is 5.69 Å². The highest BCUT2D eigenvalue weighted by molar-refractivity contribution is 5.87. The predicted octanol–water partition coefficient (Wildman–Crippen LogP) is 3.73. The van der Waals surface area contributed by atoms with Gasteiger partial charge in [0.05, 0.1) is 16.1 Å². The van der Waals surface area contributed by atoms with Crippen LogP contribution in [-0.4, -0.2) is 26.7 Å². The molecule has 1 rings (SSSR count). The fourth-order valence-corrected chi connectivity index (χ4v) is 2.21. The van der Waals surface area contributed by atoms with E-state index in [1.807, 2.05) is 6.92 Å². The first kappa shape index (κ1) is 20.1. The molecule has 0 heterocycles. The maximum atomic E-state index is 10.3. The van der Waals surface area contributed by atoms with Crippen LogP contribution < -0.4 is 0 Å². The quantitative estimate of drug-likeness (QED) is 0.637. The van der Waals surface area contributed by atoms with Crippen molar-refractivity contribution in [1.29, 1.82) is 0 Å². The third-order valence-electron chi connectivity index (χ3n) is 3.89. The summed E-state index contributed by atoms with van der Waals surface area (Å²) in [5.74, 6) is -0.375. The third kappa shape index (κ3) is 5.44. The summed E-state index contributed by atoms with van der Waals surface area (Å²) in [6.45, 7) is 10.3. The van der Waals surface area contributed by atoms with Crippen molar-refractivity contribution in [3.05, 3.63) is 39.9 Å². The van der Waals surface area contributed by atoms with Gasteiger partial charge >= 0.3 is 5.97 Å². The molecular weight excluding hydrogens is 286 g/mol. The summed E-state index contributed by atoms with van der Waals surface area (Å²) in [5, 5.41) is 28.6. The Kier molecular flexibility index (Phi) is 7.73. The smallest absolute Gasteiger partial charge is 0.335 e. The number of hydrogen-bond donors (Lipinski definition) is 2. The largest absolute Gasteiger partial charge is 0.478 e. The zero-order valence-electron chi connectivity index (χ0n) is 13.7. The van der Waals surface area contributed by atoms with Gasteiger partial charge in [-0.25, -0.2) is 4.79 Å². The van der Waals surface area contributed by atoms with Crippen LogP contribution in [-0.2, 0) is 0 Å². The van der Waals surface area contributed by atoms with Crippen molar-refractivity contribution in [2.45, 2.75) is 46.6 Å². The molecule has 1 aromatic rings. The van der Waals surface area contributed by atoms with Crippen molar-refractivity contribution in [3.8, 4) is 0 Å². The minimum absolute atomic E-state index is 0.0422. The molecule has 6 nitrogen and oxygen atoms in total. The van der Waals surface area contributed by atoms with Crippen molar-refractivity contribution >= 4 is 11.7 Å². The lowest BCUT2D eigenvalue weighted by atomic mass is 9.78. The second-order valence-electron chi connectivity index (χ2n) is 5.76. The summed E-state index contributed by atoms with van der Waals surface area (Å²) in [7, 11) is 0. The minimum atomic E-state index is -1.09. The summed E-state index contributed by atoms with van der Waals surface area (Å²) in [6.07, 6.45) is 0.850. The van der Waals surface area contributed by atoms with Crippen LogP contribution in [0.1, 0.15) is 51.4 Å². The van der Waals surface area contributed by atoms with Crippen molar-refractivity contribution < 1.29 is 19.9 Å². The van der Waals surface area contributed by atoms with Crippen LogP contribution in [0.2, 0.25) is 0 Å². The van der Waals surface area contributed by atoms with E-state index < -0.39 is 16.5 Å². The molecule has 0 saturated heterocycles. The molecule has 0 spiro atoms. The van der Waals surface area contributed by atoms with Gasteiger partial charge in [0, 0.05) is 12.1 Å². The van der Waals surface area contributed by atoms with E-state index in [1.54, 1.807) is 0 Å². The number of carbonyl (C=O) groups is 1. The van der Waals surface area contributed by atoms with Crippen LogP contribution in [0.15, 0.2) is 24.3 Å². The molecule has 1 aromatic carbocycles. The summed E-state index contributed by atoms with van der Waals surface area (Å²) in [6, 6.07) is 4.70. The molecule has 22 heavy (non-hydrogen) atoms.